The first-order valence-electron chi connectivity index (χ1n) is 7.84. The van der Waals surface area contributed by atoms with Crippen LogP contribution in [0, 0.1) is 0 Å². The van der Waals surface area contributed by atoms with E-state index in [1.807, 2.05) is 0 Å². The lowest BCUT2D eigenvalue weighted by Crippen LogP contribution is -2.21. The Morgan fingerprint density at radius 2 is 1.18 bits per heavy atom. The standard InChI is InChI=1S/C21H19S/c1-2-22-19-14-8-6-12-17(19)21(16-10-4-3-5-11-16)18-13-7-9-15-20(18)22/h3-15,21H,2H2,1H3/q+1. The normalized spacial score (nSPS) is 19.3. The summed E-state index contributed by atoms with van der Waals surface area (Å²) in [7, 11) is 0.204. The fourth-order valence-electron chi connectivity index (χ4n) is 3.49. The van der Waals surface area contributed by atoms with Gasteiger partial charge < -0.3 is 0 Å². The minimum Gasteiger partial charge on any atom is -0.0622 e. The Morgan fingerprint density at radius 1 is 0.682 bits per heavy atom. The molecule has 108 valence electrons. The van der Waals surface area contributed by atoms with Gasteiger partial charge in [0.05, 0.1) is 10.9 Å². The molecule has 0 saturated heterocycles. The summed E-state index contributed by atoms with van der Waals surface area (Å²) in [5, 5.41) is 0. The van der Waals surface area contributed by atoms with E-state index in [-0.39, 0.29) is 10.9 Å². The summed E-state index contributed by atoms with van der Waals surface area (Å²) in [5.41, 5.74) is 4.36. The molecule has 0 fully saturated rings. The van der Waals surface area contributed by atoms with E-state index in [1.54, 1.807) is 0 Å². The van der Waals surface area contributed by atoms with Crippen LogP contribution in [0.15, 0.2) is 88.7 Å². The predicted molar refractivity (Wildman–Crippen MR) is 94.7 cm³/mol. The number of fused-ring (bicyclic) bond motifs is 2. The van der Waals surface area contributed by atoms with Crippen molar-refractivity contribution in [2.75, 3.05) is 5.75 Å². The highest BCUT2D eigenvalue weighted by Gasteiger charge is 2.39. The first kappa shape index (κ1) is 13.7. The van der Waals surface area contributed by atoms with Crippen LogP contribution in [0.3, 0.4) is 0 Å². The van der Waals surface area contributed by atoms with E-state index in [1.165, 1.54) is 32.2 Å². The third-order valence-electron chi connectivity index (χ3n) is 4.41. The summed E-state index contributed by atoms with van der Waals surface area (Å²) >= 11 is 0. The number of hydrogen-bond acceptors (Lipinski definition) is 0. The molecule has 0 spiro atoms. The topological polar surface area (TPSA) is 0 Å². The van der Waals surface area contributed by atoms with Crippen molar-refractivity contribution in [2.24, 2.45) is 0 Å². The van der Waals surface area contributed by atoms with Crippen molar-refractivity contribution in [3.8, 4) is 0 Å². The van der Waals surface area contributed by atoms with Crippen LogP contribution in [0.5, 0.6) is 0 Å². The van der Waals surface area contributed by atoms with Gasteiger partial charge in [0, 0.05) is 17.0 Å². The summed E-state index contributed by atoms with van der Waals surface area (Å²) in [5.74, 6) is 1.54. The van der Waals surface area contributed by atoms with Crippen molar-refractivity contribution in [2.45, 2.75) is 22.6 Å². The second-order valence-electron chi connectivity index (χ2n) is 5.60. The number of benzene rings is 3. The van der Waals surface area contributed by atoms with Gasteiger partial charge in [-0.05, 0) is 24.6 Å². The van der Waals surface area contributed by atoms with E-state index in [2.05, 4.69) is 85.8 Å². The molecule has 1 heteroatoms. The van der Waals surface area contributed by atoms with Crippen LogP contribution < -0.4 is 0 Å². The van der Waals surface area contributed by atoms with Gasteiger partial charge in [0.2, 0.25) is 0 Å². The van der Waals surface area contributed by atoms with Gasteiger partial charge in [0.25, 0.3) is 0 Å². The summed E-state index contributed by atoms with van der Waals surface area (Å²) < 4.78 is 0. The average molecular weight is 303 g/mol. The number of rotatable bonds is 2. The van der Waals surface area contributed by atoms with Gasteiger partial charge in [-0.25, -0.2) is 0 Å². The monoisotopic (exact) mass is 303 g/mol. The van der Waals surface area contributed by atoms with Gasteiger partial charge in [-0.1, -0.05) is 66.7 Å². The third kappa shape index (κ3) is 2.08. The molecule has 1 aliphatic rings. The lowest BCUT2D eigenvalue weighted by molar-refractivity contribution is 0.894. The van der Waals surface area contributed by atoms with E-state index in [4.69, 9.17) is 0 Å². The van der Waals surface area contributed by atoms with Crippen LogP contribution in [-0.2, 0) is 10.9 Å². The maximum Gasteiger partial charge on any atom is 0.164 e. The van der Waals surface area contributed by atoms with Crippen LogP contribution in [0.4, 0.5) is 0 Å². The minimum atomic E-state index is 0.204. The van der Waals surface area contributed by atoms with Crippen molar-refractivity contribution >= 4 is 10.9 Å². The molecule has 0 aromatic heterocycles. The maximum absolute atomic E-state index is 2.33. The van der Waals surface area contributed by atoms with Crippen LogP contribution in [0.2, 0.25) is 0 Å². The van der Waals surface area contributed by atoms with Crippen LogP contribution in [-0.4, -0.2) is 5.75 Å². The Bertz CT molecular complexity index is 744. The minimum absolute atomic E-state index is 0.204. The summed E-state index contributed by atoms with van der Waals surface area (Å²) in [6, 6.07) is 28.9. The largest absolute Gasteiger partial charge is 0.164 e. The van der Waals surface area contributed by atoms with Gasteiger partial charge in [-0.2, -0.15) is 0 Å². The quantitative estimate of drug-likeness (QED) is 0.568. The van der Waals surface area contributed by atoms with Gasteiger partial charge in [0.15, 0.2) is 9.79 Å². The fraction of sp³-hybridized carbons (Fsp3) is 0.143. The van der Waals surface area contributed by atoms with Crippen molar-refractivity contribution in [1.82, 2.24) is 0 Å². The lowest BCUT2D eigenvalue weighted by Gasteiger charge is -2.27. The molecule has 0 bridgehead atoms. The molecule has 0 unspecified atom stereocenters. The van der Waals surface area contributed by atoms with Crippen LogP contribution in [0.1, 0.15) is 29.5 Å². The third-order valence-corrected chi connectivity index (χ3v) is 6.80. The Hall–Kier alpha value is -1.99. The molecule has 4 rings (SSSR count). The van der Waals surface area contributed by atoms with Crippen LogP contribution >= 0.6 is 0 Å². The molecule has 0 saturated carbocycles. The van der Waals surface area contributed by atoms with Gasteiger partial charge in [-0.15, -0.1) is 0 Å². The maximum atomic E-state index is 2.33. The highest BCUT2D eigenvalue weighted by atomic mass is 32.2. The summed E-state index contributed by atoms with van der Waals surface area (Å²) in [4.78, 5) is 3.05. The average Bonchev–Trinajstić information content (AvgIpc) is 2.60. The first-order chi connectivity index (χ1) is 10.9. The van der Waals surface area contributed by atoms with E-state index < -0.39 is 0 Å². The van der Waals surface area contributed by atoms with Crippen molar-refractivity contribution in [3.63, 3.8) is 0 Å². The molecule has 0 nitrogen and oxygen atoms in total. The predicted octanol–water partition coefficient (Wildman–Crippen LogP) is 5.24. The molecule has 0 radical (unpaired) electrons. The van der Waals surface area contributed by atoms with E-state index >= 15 is 0 Å². The molecule has 3 aromatic rings. The highest BCUT2D eigenvalue weighted by molar-refractivity contribution is 7.97. The Balaban J connectivity index is 2.00. The molecular weight excluding hydrogens is 284 g/mol. The first-order valence-corrected chi connectivity index (χ1v) is 9.23. The van der Waals surface area contributed by atoms with Crippen molar-refractivity contribution in [3.05, 3.63) is 95.6 Å². The molecule has 3 aromatic carbocycles. The molecule has 0 aliphatic carbocycles. The van der Waals surface area contributed by atoms with Crippen LogP contribution in [0.25, 0.3) is 0 Å². The van der Waals surface area contributed by atoms with Crippen molar-refractivity contribution < 1.29 is 0 Å². The second-order valence-corrected chi connectivity index (χ2v) is 7.84. The second kappa shape index (κ2) is 5.66. The molecule has 0 atom stereocenters. The van der Waals surface area contributed by atoms with E-state index in [0.29, 0.717) is 5.92 Å². The highest BCUT2D eigenvalue weighted by Crippen LogP contribution is 2.45. The van der Waals surface area contributed by atoms with Gasteiger partial charge >= 0.3 is 0 Å². The van der Waals surface area contributed by atoms with E-state index in [0.717, 1.165) is 0 Å². The number of hydrogen-bond donors (Lipinski definition) is 0. The van der Waals surface area contributed by atoms with E-state index in [9.17, 15) is 0 Å². The fourth-order valence-corrected chi connectivity index (χ4v) is 5.77. The molecule has 22 heavy (non-hydrogen) atoms. The zero-order chi connectivity index (χ0) is 14.9. The molecule has 0 amide bonds. The summed E-state index contributed by atoms with van der Waals surface area (Å²) in [6.07, 6.45) is 0. The Morgan fingerprint density at radius 3 is 1.73 bits per heavy atom. The van der Waals surface area contributed by atoms with Gasteiger partial charge in [-0.3, -0.25) is 0 Å². The lowest BCUT2D eigenvalue weighted by atomic mass is 9.85. The molecular formula is C21H19S+. The van der Waals surface area contributed by atoms with Crippen molar-refractivity contribution in [1.29, 1.82) is 0 Å². The smallest absolute Gasteiger partial charge is 0.0622 e. The summed E-state index contributed by atoms with van der Waals surface area (Å²) in [6.45, 7) is 2.31. The molecule has 0 N–H and O–H groups in total. The molecule has 1 aliphatic heterocycles. The Kier molecular flexibility index (Phi) is 3.51. The Labute approximate surface area is 135 Å². The zero-order valence-electron chi connectivity index (χ0n) is 12.7. The molecule has 1 heterocycles. The van der Waals surface area contributed by atoms with Gasteiger partial charge in [0.1, 0.15) is 5.75 Å². The zero-order valence-corrected chi connectivity index (χ0v) is 13.5. The SMILES string of the molecule is CC[S+]1c2ccccc2C(c2ccccc2)c2ccccc21.